The second kappa shape index (κ2) is 4.94. The summed E-state index contributed by atoms with van der Waals surface area (Å²) in [5.74, 6) is -2.51. The first-order chi connectivity index (χ1) is 7.76. The van der Waals surface area contributed by atoms with Crippen LogP contribution in [0.3, 0.4) is 0 Å². The molecule has 0 aliphatic carbocycles. The molecular weight excluding hydrogens is 358 g/mol. The molecule has 94 valence electrons. The van der Waals surface area contributed by atoms with Gasteiger partial charge in [-0.25, -0.2) is 9.78 Å². The van der Waals surface area contributed by atoms with Crippen molar-refractivity contribution in [1.29, 1.82) is 0 Å². The minimum Gasteiger partial charge on any atom is -0.494 e. The molecule has 1 N–H and O–H groups in total. The van der Waals surface area contributed by atoms with Gasteiger partial charge in [0.1, 0.15) is 3.57 Å². The maximum atomic E-state index is 12.1. The molecule has 0 radical (unpaired) electrons. The van der Waals surface area contributed by atoms with Gasteiger partial charge in [-0.2, -0.15) is 0 Å². The van der Waals surface area contributed by atoms with E-state index in [4.69, 9.17) is 9.84 Å². The molecule has 1 aromatic heterocycles. The molecule has 1 aromatic rings. The summed E-state index contributed by atoms with van der Waals surface area (Å²) in [6, 6.07) is 0. The Balaban J connectivity index is 3.35. The number of pyridine rings is 1. The van der Waals surface area contributed by atoms with Gasteiger partial charge in [-0.05, 0) is 22.6 Å². The maximum Gasteiger partial charge on any atom is 0.573 e. The van der Waals surface area contributed by atoms with Crippen LogP contribution in [0.4, 0.5) is 13.2 Å². The Morgan fingerprint density at radius 1 is 1.53 bits per heavy atom. The van der Waals surface area contributed by atoms with Crippen LogP contribution in [0.2, 0.25) is 0 Å². The van der Waals surface area contributed by atoms with Crippen molar-refractivity contribution in [3.63, 3.8) is 0 Å². The minimum atomic E-state index is -5.00. The second-order valence-corrected chi connectivity index (χ2v) is 3.75. The number of ether oxygens (including phenoxy) is 2. The molecule has 17 heavy (non-hydrogen) atoms. The number of alkyl halides is 3. The zero-order chi connectivity index (χ0) is 13.2. The summed E-state index contributed by atoms with van der Waals surface area (Å²) in [6.07, 6.45) is -3.99. The fourth-order valence-corrected chi connectivity index (χ4v) is 1.68. The lowest BCUT2D eigenvalue weighted by Gasteiger charge is -2.14. The highest BCUT2D eigenvalue weighted by atomic mass is 127. The Labute approximate surface area is 107 Å². The molecule has 0 saturated carbocycles. The van der Waals surface area contributed by atoms with E-state index in [1.807, 2.05) is 0 Å². The first-order valence-corrected chi connectivity index (χ1v) is 5.05. The molecule has 0 atom stereocenters. The average molecular weight is 363 g/mol. The van der Waals surface area contributed by atoms with Crippen molar-refractivity contribution in [2.45, 2.75) is 6.36 Å². The van der Waals surface area contributed by atoms with Gasteiger partial charge in [0.05, 0.1) is 13.3 Å². The standard InChI is InChI=1S/C8H5F3INO4/c1-16-3-2-13-5(7(14)15)6(4(3)12)17-8(9,10)11/h2H,1H3,(H,14,15). The van der Waals surface area contributed by atoms with E-state index >= 15 is 0 Å². The van der Waals surface area contributed by atoms with Gasteiger partial charge < -0.3 is 14.6 Å². The molecule has 0 aliphatic rings. The van der Waals surface area contributed by atoms with Crippen molar-refractivity contribution in [3.05, 3.63) is 15.5 Å². The van der Waals surface area contributed by atoms with Crippen molar-refractivity contribution in [2.24, 2.45) is 0 Å². The van der Waals surface area contributed by atoms with E-state index in [-0.39, 0.29) is 9.32 Å². The van der Waals surface area contributed by atoms with Gasteiger partial charge in [-0.15, -0.1) is 13.2 Å². The number of halogens is 4. The maximum absolute atomic E-state index is 12.1. The number of aromatic carboxylic acids is 1. The largest absolute Gasteiger partial charge is 0.573 e. The Morgan fingerprint density at radius 3 is 2.53 bits per heavy atom. The molecule has 1 heterocycles. The molecule has 0 spiro atoms. The Kier molecular flexibility index (Phi) is 4.01. The third-order valence-electron chi connectivity index (χ3n) is 1.58. The zero-order valence-corrected chi connectivity index (χ0v) is 10.4. The van der Waals surface area contributed by atoms with Crippen molar-refractivity contribution in [3.8, 4) is 11.5 Å². The fourth-order valence-electron chi connectivity index (χ4n) is 0.958. The van der Waals surface area contributed by atoms with Gasteiger partial charge in [-0.3, -0.25) is 0 Å². The summed E-state index contributed by atoms with van der Waals surface area (Å²) in [6.45, 7) is 0. The van der Waals surface area contributed by atoms with Crippen molar-refractivity contribution >= 4 is 28.6 Å². The summed E-state index contributed by atoms with van der Waals surface area (Å²) in [7, 11) is 1.22. The van der Waals surface area contributed by atoms with Crippen molar-refractivity contribution < 1.29 is 32.5 Å². The monoisotopic (exact) mass is 363 g/mol. The molecular formula is C8H5F3INO4. The molecule has 1 rings (SSSR count). The molecule has 0 saturated heterocycles. The van der Waals surface area contributed by atoms with Crippen LogP contribution in [-0.4, -0.2) is 29.5 Å². The lowest BCUT2D eigenvalue weighted by atomic mass is 10.3. The number of carboxylic acid groups (broad SMARTS) is 1. The predicted molar refractivity (Wildman–Crippen MR) is 57.1 cm³/mol. The number of aromatic nitrogens is 1. The van der Waals surface area contributed by atoms with E-state index in [0.29, 0.717) is 0 Å². The van der Waals surface area contributed by atoms with Crippen molar-refractivity contribution in [1.82, 2.24) is 4.98 Å². The van der Waals surface area contributed by atoms with Gasteiger partial charge in [0.25, 0.3) is 0 Å². The van der Waals surface area contributed by atoms with E-state index in [0.717, 1.165) is 6.20 Å². The Hall–Kier alpha value is -1.26. The zero-order valence-electron chi connectivity index (χ0n) is 8.21. The van der Waals surface area contributed by atoms with Gasteiger partial charge in [0.15, 0.2) is 17.2 Å². The van der Waals surface area contributed by atoms with Crippen LogP contribution in [0.25, 0.3) is 0 Å². The SMILES string of the molecule is COc1cnc(C(=O)O)c(OC(F)(F)F)c1I. The third-order valence-corrected chi connectivity index (χ3v) is 2.60. The molecule has 9 heteroatoms. The van der Waals surface area contributed by atoms with Crippen LogP contribution in [-0.2, 0) is 0 Å². The Morgan fingerprint density at radius 2 is 2.12 bits per heavy atom. The van der Waals surface area contributed by atoms with Crippen LogP contribution in [0, 0.1) is 3.57 Å². The Bertz CT molecular complexity index is 449. The first-order valence-electron chi connectivity index (χ1n) is 3.97. The van der Waals surface area contributed by atoms with E-state index in [1.165, 1.54) is 29.7 Å². The predicted octanol–water partition coefficient (Wildman–Crippen LogP) is 2.29. The molecule has 0 amide bonds. The summed E-state index contributed by atoms with van der Waals surface area (Å²) in [5, 5.41) is 8.70. The van der Waals surface area contributed by atoms with E-state index in [1.54, 1.807) is 0 Å². The highest BCUT2D eigenvalue weighted by Gasteiger charge is 2.35. The van der Waals surface area contributed by atoms with Gasteiger partial charge in [0.2, 0.25) is 0 Å². The normalized spacial score (nSPS) is 11.1. The highest BCUT2D eigenvalue weighted by molar-refractivity contribution is 14.1. The summed E-state index contributed by atoms with van der Waals surface area (Å²) in [5.41, 5.74) is -0.826. The first kappa shape index (κ1) is 13.8. The number of carboxylic acids is 1. The smallest absolute Gasteiger partial charge is 0.494 e. The highest BCUT2D eigenvalue weighted by Crippen LogP contribution is 2.35. The molecule has 5 nitrogen and oxygen atoms in total. The number of hydrogen-bond acceptors (Lipinski definition) is 4. The molecule has 0 aromatic carbocycles. The molecule has 0 unspecified atom stereocenters. The second-order valence-electron chi connectivity index (χ2n) is 2.67. The number of nitrogens with zero attached hydrogens (tertiary/aromatic N) is 1. The van der Waals surface area contributed by atoms with E-state index in [2.05, 4.69) is 9.72 Å². The van der Waals surface area contributed by atoms with Crippen LogP contribution in [0.15, 0.2) is 6.20 Å². The third kappa shape index (κ3) is 3.35. The van der Waals surface area contributed by atoms with Crippen molar-refractivity contribution in [2.75, 3.05) is 7.11 Å². The lowest BCUT2D eigenvalue weighted by molar-refractivity contribution is -0.275. The molecule has 0 fully saturated rings. The number of methoxy groups -OCH3 is 1. The van der Waals surface area contributed by atoms with Crippen LogP contribution < -0.4 is 9.47 Å². The fraction of sp³-hybridized carbons (Fsp3) is 0.250. The summed E-state index contributed by atoms with van der Waals surface area (Å²) < 4.78 is 44.6. The van der Waals surface area contributed by atoms with E-state index < -0.39 is 23.8 Å². The minimum absolute atomic E-state index is 0.00477. The topological polar surface area (TPSA) is 68.7 Å². The average Bonchev–Trinajstić information content (AvgIpc) is 2.18. The van der Waals surface area contributed by atoms with Gasteiger partial charge in [0, 0.05) is 0 Å². The van der Waals surface area contributed by atoms with Gasteiger partial charge in [-0.1, -0.05) is 0 Å². The molecule has 0 bridgehead atoms. The van der Waals surface area contributed by atoms with Crippen LogP contribution in [0.5, 0.6) is 11.5 Å². The summed E-state index contributed by atoms with van der Waals surface area (Å²) >= 11 is 1.49. The number of carbonyl (C=O) groups is 1. The summed E-state index contributed by atoms with van der Waals surface area (Å²) in [4.78, 5) is 14.0. The quantitative estimate of drug-likeness (QED) is 0.835. The number of rotatable bonds is 3. The lowest BCUT2D eigenvalue weighted by Crippen LogP contribution is -2.20. The molecule has 0 aliphatic heterocycles. The van der Waals surface area contributed by atoms with Crippen LogP contribution in [0.1, 0.15) is 10.5 Å². The van der Waals surface area contributed by atoms with Gasteiger partial charge >= 0.3 is 12.3 Å². The van der Waals surface area contributed by atoms with Crippen LogP contribution >= 0.6 is 22.6 Å². The van der Waals surface area contributed by atoms with E-state index in [9.17, 15) is 18.0 Å². The number of hydrogen-bond donors (Lipinski definition) is 1.